The Kier molecular flexibility index (Phi) is 3.51. The Morgan fingerprint density at radius 2 is 2.12 bits per heavy atom. The Morgan fingerprint density at radius 3 is 2.88 bits per heavy atom. The third kappa shape index (κ3) is 2.68. The molecule has 0 saturated carbocycles. The van der Waals surface area contributed by atoms with E-state index in [4.69, 9.17) is 4.74 Å². The van der Waals surface area contributed by atoms with Gasteiger partial charge in [0.1, 0.15) is 6.10 Å². The van der Waals surface area contributed by atoms with Crippen molar-refractivity contribution >= 4 is 5.97 Å². The van der Waals surface area contributed by atoms with Gasteiger partial charge in [-0.3, -0.25) is 0 Å². The summed E-state index contributed by atoms with van der Waals surface area (Å²) in [5.41, 5.74) is 3.36. The van der Waals surface area contributed by atoms with Gasteiger partial charge in [0.2, 0.25) is 0 Å². The molecule has 2 aliphatic rings. The molecule has 1 heterocycles. The van der Waals surface area contributed by atoms with Gasteiger partial charge in [-0.2, -0.15) is 0 Å². The molecule has 2 nitrogen and oxygen atoms in total. The number of carbonyl (C=O) groups is 1. The van der Waals surface area contributed by atoms with E-state index in [2.05, 4.69) is 32.6 Å². The minimum atomic E-state index is -0.215. The fourth-order valence-corrected chi connectivity index (χ4v) is 2.51. The summed E-state index contributed by atoms with van der Waals surface area (Å²) in [6.45, 7) is 8.14. The molecule has 17 heavy (non-hydrogen) atoms. The van der Waals surface area contributed by atoms with Crippen LogP contribution in [0.4, 0.5) is 0 Å². The highest BCUT2D eigenvalue weighted by Gasteiger charge is 2.36. The average Bonchev–Trinajstić information content (AvgIpc) is 2.54. The molecule has 1 saturated heterocycles. The van der Waals surface area contributed by atoms with Crippen LogP contribution >= 0.6 is 0 Å². The van der Waals surface area contributed by atoms with Gasteiger partial charge in [0.05, 0.1) is 0 Å². The summed E-state index contributed by atoms with van der Waals surface area (Å²) < 4.78 is 5.37. The van der Waals surface area contributed by atoms with E-state index in [1.807, 2.05) is 0 Å². The highest BCUT2D eigenvalue weighted by molar-refractivity contribution is 5.91. The van der Waals surface area contributed by atoms with Gasteiger partial charge in [0, 0.05) is 11.5 Å². The third-order valence-corrected chi connectivity index (χ3v) is 3.66. The fourth-order valence-electron chi connectivity index (χ4n) is 2.51. The zero-order chi connectivity index (χ0) is 12.4. The number of esters is 1. The van der Waals surface area contributed by atoms with Gasteiger partial charge >= 0.3 is 5.97 Å². The van der Waals surface area contributed by atoms with Crippen LogP contribution in [0, 0.1) is 5.92 Å². The molecule has 0 amide bonds. The van der Waals surface area contributed by atoms with Gasteiger partial charge < -0.3 is 4.74 Å². The summed E-state index contributed by atoms with van der Waals surface area (Å²) in [5.74, 6) is -0.0312. The Labute approximate surface area is 103 Å². The van der Waals surface area contributed by atoms with E-state index in [0.717, 1.165) is 25.7 Å². The molecule has 0 N–H and O–H groups in total. The third-order valence-electron chi connectivity index (χ3n) is 3.66. The summed E-state index contributed by atoms with van der Waals surface area (Å²) in [4.78, 5) is 11.5. The largest absolute Gasteiger partial charge is 0.454 e. The van der Waals surface area contributed by atoms with Crippen LogP contribution in [0.2, 0.25) is 0 Å². The van der Waals surface area contributed by atoms with Crippen molar-refractivity contribution in [3.8, 4) is 0 Å². The molecule has 0 aromatic rings. The molecule has 2 heteroatoms. The van der Waals surface area contributed by atoms with Crippen LogP contribution in [0.25, 0.3) is 0 Å². The number of hydrogen-bond acceptors (Lipinski definition) is 2. The Bertz CT molecular complexity index is 401. The van der Waals surface area contributed by atoms with Crippen molar-refractivity contribution in [3.63, 3.8) is 0 Å². The normalized spacial score (nSPS) is 30.2. The Hall–Kier alpha value is -1.31. The molecule has 0 spiro atoms. The quantitative estimate of drug-likeness (QED) is 0.363. The molecular formula is C15H20O2. The standard InChI is InChI=1S/C15H20O2/c1-10-5-4-6-13-12(3)15(16)17-14(13)9-11(2)8-7-10/h7,9,13-14H,3-6,8H2,1-2H3. The van der Waals surface area contributed by atoms with E-state index in [-0.39, 0.29) is 18.0 Å². The van der Waals surface area contributed by atoms with Crippen molar-refractivity contribution < 1.29 is 9.53 Å². The number of hydrogen-bond donors (Lipinski definition) is 0. The Balaban J connectivity index is 2.22. The maximum atomic E-state index is 11.5. The molecule has 2 rings (SSSR count). The summed E-state index contributed by atoms with van der Waals surface area (Å²) >= 11 is 0. The van der Waals surface area contributed by atoms with Crippen LogP contribution in [0.3, 0.4) is 0 Å². The van der Waals surface area contributed by atoms with Crippen molar-refractivity contribution in [1.82, 2.24) is 0 Å². The van der Waals surface area contributed by atoms with Crippen molar-refractivity contribution in [2.45, 2.75) is 45.6 Å². The van der Waals surface area contributed by atoms with Crippen molar-refractivity contribution in [2.24, 2.45) is 5.92 Å². The van der Waals surface area contributed by atoms with Crippen molar-refractivity contribution in [2.75, 3.05) is 0 Å². The molecular weight excluding hydrogens is 212 g/mol. The lowest BCUT2D eigenvalue weighted by atomic mass is 9.88. The zero-order valence-corrected chi connectivity index (χ0v) is 10.7. The van der Waals surface area contributed by atoms with Crippen LogP contribution in [-0.2, 0) is 9.53 Å². The lowest BCUT2D eigenvalue weighted by Crippen LogP contribution is -2.15. The lowest BCUT2D eigenvalue weighted by Gasteiger charge is -2.17. The van der Waals surface area contributed by atoms with Gasteiger partial charge in [-0.05, 0) is 45.6 Å². The highest BCUT2D eigenvalue weighted by Crippen LogP contribution is 2.33. The molecule has 1 aliphatic heterocycles. The smallest absolute Gasteiger partial charge is 0.334 e. The predicted molar refractivity (Wildman–Crippen MR) is 68.5 cm³/mol. The van der Waals surface area contributed by atoms with Gasteiger partial charge in [-0.1, -0.05) is 23.8 Å². The minimum absolute atomic E-state index is 0.0817. The topological polar surface area (TPSA) is 26.3 Å². The van der Waals surface area contributed by atoms with Crippen molar-refractivity contribution in [1.29, 1.82) is 0 Å². The fraction of sp³-hybridized carbons (Fsp3) is 0.533. The number of carbonyl (C=O) groups excluding carboxylic acids is 1. The van der Waals surface area contributed by atoms with Gasteiger partial charge in [-0.15, -0.1) is 0 Å². The van der Waals surface area contributed by atoms with E-state index in [1.54, 1.807) is 0 Å². The molecule has 92 valence electrons. The first-order valence-electron chi connectivity index (χ1n) is 6.30. The van der Waals surface area contributed by atoms with Crippen LogP contribution in [0.5, 0.6) is 0 Å². The second-order valence-electron chi connectivity index (χ2n) is 5.16. The Morgan fingerprint density at radius 1 is 1.35 bits per heavy atom. The maximum Gasteiger partial charge on any atom is 0.334 e. The summed E-state index contributed by atoms with van der Waals surface area (Å²) in [5, 5.41) is 0. The van der Waals surface area contributed by atoms with Gasteiger partial charge in [-0.25, -0.2) is 4.79 Å². The molecule has 0 aromatic heterocycles. The molecule has 2 atom stereocenters. The monoisotopic (exact) mass is 232 g/mol. The molecule has 0 radical (unpaired) electrons. The minimum Gasteiger partial charge on any atom is -0.454 e. The van der Waals surface area contributed by atoms with Crippen LogP contribution in [-0.4, -0.2) is 12.1 Å². The van der Waals surface area contributed by atoms with E-state index in [1.165, 1.54) is 11.1 Å². The first-order chi connectivity index (χ1) is 8.08. The number of rotatable bonds is 0. The number of fused-ring (bicyclic) bond motifs is 1. The van der Waals surface area contributed by atoms with Crippen LogP contribution in [0.15, 0.2) is 35.5 Å². The predicted octanol–water partition coefficient (Wildman–Crippen LogP) is 3.55. The molecule has 0 aromatic carbocycles. The van der Waals surface area contributed by atoms with E-state index < -0.39 is 0 Å². The second kappa shape index (κ2) is 4.91. The molecule has 1 fully saturated rings. The van der Waals surface area contributed by atoms with E-state index in [0.29, 0.717) is 5.57 Å². The second-order valence-corrected chi connectivity index (χ2v) is 5.16. The van der Waals surface area contributed by atoms with Gasteiger partial charge in [0.25, 0.3) is 0 Å². The first-order valence-corrected chi connectivity index (χ1v) is 6.30. The first kappa shape index (κ1) is 12.2. The average molecular weight is 232 g/mol. The van der Waals surface area contributed by atoms with Gasteiger partial charge in [0.15, 0.2) is 0 Å². The lowest BCUT2D eigenvalue weighted by molar-refractivity contribution is -0.137. The molecule has 2 unspecified atom stereocenters. The SMILES string of the molecule is C=C1C(=O)OC2C=C(C)CC=C(C)CCCC12. The summed E-state index contributed by atoms with van der Waals surface area (Å²) in [6.07, 6.45) is 8.45. The van der Waals surface area contributed by atoms with E-state index in [9.17, 15) is 4.79 Å². The zero-order valence-electron chi connectivity index (χ0n) is 10.7. The summed E-state index contributed by atoms with van der Waals surface area (Å²) in [7, 11) is 0. The van der Waals surface area contributed by atoms with Crippen LogP contribution in [0.1, 0.15) is 39.5 Å². The summed E-state index contributed by atoms with van der Waals surface area (Å²) in [6, 6.07) is 0. The maximum absolute atomic E-state index is 11.5. The highest BCUT2D eigenvalue weighted by atomic mass is 16.5. The van der Waals surface area contributed by atoms with Crippen molar-refractivity contribution in [3.05, 3.63) is 35.5 Å². The van der Waals surface area contributed by atoms with E-state index >= 15 is 0 Å². The number of ether oxygens (including phenoxy) is 1. The van der Waals surface area contributed by atoms with Crippen LogP contribution < -0.4 is 0 Å². The number of allylic oxidation sites excluding steroid dienone is 3. The molecule has 0 bridgehead atoms. The molecule has 1 aliphatic carbocycles.